The molecule has 8 nitrogen and oxygen atoms in total. The summed E-state index contributed by atoms with van der Waals surface area (Å²) in [6.07, 6.45) is 0.583. The number of aliphatic carboxylic acids is 3. The zero-order valence-electron chi connectivity index (χ0n) is 7.38. The summed E-state index contributed by atoms with van der Waals surface area (Å²) in [4.78, 5) is 35.8. The zero-order valence-corrected chi connectivity index (χ0v) is 11.4. The van der Waals surface area contributed by atoms with E-state index < -0.39 is 17.9 Å². The first-order chi connectivity index (χ1) is 4.91. The van der Waals surface area contributed by atoms with Gasteiger partial charge in [-0.15, -0.1) is 0 Å². The van der Waals surface area contributed by atoms with Gasteiger partial charge in [0, 0.05) is 0 Å². The first kappa shape index (κ1) is 29.2. The zero-order chi connectivity index (χ0) is 9.44. The maximum atomic E-state index is 9.10. The Balaban J connectivity index is -0.0000000321. The van der Waals surface area contributed by atoms with Crippen LogP contribution in [0.4, 0.5) is 0 Å². The van der Waals surface area contributed by atoms with Gasteiger partial charge in [0.25, 0.3) is 0 Å². The van der Waals surface area contributed by atoms with E-state index in [0.29, 0.717) is 6.29 Å². The van der Waals surface area contributed by atoms with Gasteiger partial charge in [0.2, 0.25) is 0 Å². The molecule has 0 unspecified atom stereocenters. The van der Waals surface area contributed by atoms with Crippen LogP contribution in [0.15, 0.2) is 0 Å². The van der Waals surface area contributed by atoms with Crippen molar-refractivity contribution >= 4 is 24.2 Å². The molecule has 14 heavy (non-hydrogen) atoms. The summed E-state index contributed by atoms with van der Waals surface area (Å²) in [5.74, 6) is -5.45. The van der Waals surface area contributed by atoms with Gasteiger partial charge in [-0.05, 0) is 0 Å². The fourth-order valence-corrected chi connectivity index (χ4v) is 0. The molecule has 70 valence electrons. The van der Waals surface area contributed by atoms with Gasteiger partial charge in [-0.2, -0.15) is 0 Å². The van der Waals surface area contributed by atoms with Crippen LogP contribution >= 0.6 is 0 Å². The molecule has 0 bridgehead atoms. The summed E-state index contributed by atoms with van der Waals surface area (Å²) in [6, 6.07) is 0. The predicted octanol–water partition coefficient (Wildman–Crippen LogP) is -9.17. The Labute approximate surface area is 122 Å². The molecular weight excluding hydrogens is 222 g/mol. The number of carbonyl (C=O) groups is 3. The van der Waals surface area contributed by atoms with E-state index in [0.717, 1.165) is 0 Å². The van der Waals surface area contributed by atoms with E-state index in [2.05, 4.69) is 0 Å². The van der Waals surface area contributed by atoms with E-state index in [4.69, 9.17) is 34.5 Å². The van der Waals surface area contributed by atoms with Gasteiger partial charge in [0.15, 0.2) is 0 Å². The SMILES string of the molecule is O=C(O)C(=O)O.O=[C-]C(=O)[O-].[Na+].[Na+].[OH-]. The molecule has 0 saturated heterocycles. The molecule has 0 amide bonds. The molecule has 0 fully saturated rings. The fraction of sp³-hybridized carbons (Fsp3) is 0. The van der Waals surface area contributed by atoms with Crippen LogP contribution in [-0.2, 0) is 19.2 Å². The first-order valence-corrected chi connectivity index (χ1v) is 1.97. The van der Waals surface area contributed by atoms with Gasteiger partial charge < -0.3 is 30.4 Å². The Morgan fingerprint density at radius 1 is 1.00 bits per heavy atom. The number of carbonyl (C=O) groups excluding carboxylic acids is 2. The van der Waals surface area contributed by atoms with Gasteiger partial charge in [-0.1, -0.05) is 5.97 Å². The van der Waals surface area contributed by atoms with Crippen molar-refractivity contribution in [2.24, 2.45) is 0 Å². The molecule has 0 aromatic rings. The summed E-state index contributed by atoms with van der Waals surface area (Å²) in [6.45, 7) is 0. The van der Waals surface area contributed by atoms with E-state index in [1.165, 1.54) is 0 Å². The number of carboxylic acid groups (broad SMARTS) is 3. The molecule has 0 saturated carbocycles. The second kappa shape index (κ2) is 18.8. The monoisotopic (exact) mass is 225 g/mol. The van der Waals surface area contributed by atoms with Crippen molar-refractivity contribution in [2.45, 2.75) is 0 Å². The van der Waals surface area contributed by atoms with Gasteiger partial charge in [-0.25, -0.2) is 15.9 Å². The number of carboxylic acids is 3. The van der Waals surface area contributed by atoms with Crippen molar-refractivity contribution in [3.8, 4) is 0 Å². The first-order valence-electron chi connectivity index (χ1n) is 1.97. The minimum absolute atomic E-state index is 0. The molecule has 0 heterocycles. The molecule has 3 N–H and O–H groups in total. The molecule has 0 rings (SSSR count). The number of rotatable bonds is 1. The van der Waals surface area contributed by atoms with E-state index in [9.17, 15) is 0 Å². The molecule has 0 aliphatic rings. The number of hydrogen-bond acceptors (Lipinski definition) is 6. The average molecular weight is 225 g/mol. The summed E-state index contributed by atoms with van der Waals surface area (Å²) in [5, 5.41) is 23.6. The van der Waals surface area contributed by atoms with Crippen LogP contribution in [0.5, 0.6) is 0 Å². The minimum Gasteiger partial charge on any atom is -0.870 e. The van der Waals surface area contributed by atoms with E-state index in [-0.39, 0.29) is 64.6 Å². The largest absolute Gasteiger partial charge is 1.00 e. The normalized spacial score (nSPS) is 5.43. The third-order valence-corrected chi connectivity index (χ3v) is 0.266. The molecule has 10 heteroatoms. The molecular formula is C4H3Na2O8-. The molecule has 0 aliphatic heterocycles. The summed E-state index contributed by atoms with van der Waals surface area (Å²) >= 11 is 0. The van der Waals surface area contributed by atoms with Crippen molar-refractivity contribution < 1.29 is 99.1 Å². The standard InChI is InChI=1S/C2H2O4.C2HO3.2Na.H2O/c3-1(4)2(5)6;3-1-2(4)5;;;/h(H,3,4)(H,5,6);(H,4,5);;;1H2/q;-1;2*+1;/p-2. The smallest absolute Gasteiger partial charge is 0.870 e. The predicted molar refractivity (Wildman–Crippen MR) is 27.9 cm³/mol. The fourth-order valence-electron chi connectivity index (χ4n) is 0. The van der Waals surface area contributed by atoms with Gasteiger partial charge in [0.1, 0.15) is 0 Å². The quantitative estimate of drug-likeness (QED) is 0.252. The molecule has 0 spiro atoms. The molecule has 0 radical (unpaired) electrons. The Morgan fingerprint density at radius 2 is 1.14 bits per heavy atom. The van der Waals surface area contributed by atoms with E-state index >= 15 is 0 Å². The van der Waals surface area contributed by atoms with Crippen LogP contribution in [0.1, 0.15) is 0 Å². The van der Waals surface area contributed by atoms with Crippen molar-refractivity contribution in [2.75, 3.05) is 0 Å². The maximum Gasteiger partial charge on any atom is 1.00 e. The second-order valence-corrected chi connectivity index (χ2v) is 1.000. The molecule has 0 aliphatic carbocycles. The summed E-state index contributed by atoms with van der Waals surface area (Å²) in [7, 11) is 0. The maximum absolute atomic E-state index is 9.10. The van der Waals surface area contributed by atoms with Gasteiger partial charge in [0.05, 0.1) is 0 Å². The van der Waals surface area contributed by atoms with Crippen LogP contribution in [0, 0.1) is 0 Å². The van der Waals surface area contributed by atoms with Crippen molar-refractivity contribution in [1.82, 2.24) is 0 Å². The molecule has 0 aromatic heterocycles. The Hall–Kier alpha value is 0.0400. The van der Waals surface area contributed by atoms with Crippen LogP contribution in [0.3, 0.4) is 0 Å². The van der Waals surface area contributed by atoms with Gasteiger partial charge >= 0.3 is 71.1 Å². The topological polar surface area (TPSA) is 162 Å². The summed E-state index contributed by atoms with van der Waals surface area (Å²) < 4.78 is 0. The second-order valence-electron chi connectivity index (χ2n) is 1.000. The Morgan fingerprint density at radius 3 is 1.14 bits per heavy atom. The number of hydrogen-bond donors (Lipinski definition) is 2. The van der Waals surface area contributed by atoms with Crippen molar-refractivity contribution in [3.05, 3.63) is 0 Å². The van der Waals surface area contributed by atoms with Crippen molar-refractivity contribution in [1.29, 1.82) is 0 Å². The Kier molecular flexibility index (Phi) is 39.1. The van der Waals surface area contributed by atoms with Crippen LogP contribution in [0.2, 0.25) is 0 Å². The molecule has 0 atom stereocenters. The minimum atomic E-state index is -1.82. The third kappa shape index (κ3) is 40.2. The molecule has 0 aromatic carbocycles. The van der Waals surface area contributed by atoms with Crippen LogP contribution in [0.25, 0.3) is 0 Å². The van der Waals surface area contributed by atoms with Crippen molar-refractivity contribution in [3.63, 3.8) is 0 Å². The summed E-state index contributed by atoms with van der Waals surface area (Å²) in [5.41, 5.74) is 0. The third-order valence-electron chi connectivity index (χ3n) is 0.266. The van der Waals surface area contributed by atoms with Crippen LogP contribution < -0.4 is 64.2 Å². The van der Waals surface area contributed by atoms with Crippen LogP contribution in [-0.4, -0.2) is 39.9 Å². The average Bonchev–Trinajstić information content (AvgIpc) is 1.89. The van der Waals surface area contributed by atoms with E-state index in [1.54, 1.807) is 0 Å². The van der Waals surface area contributed by atoms with E-state index in [1.807, 2.05) is 0 Å². The van der Waals surface area contributed by atoms with Gasteiger partial charge in [-0.3, -0.25) is 0 Å². The Bertz CT molecular complexity index is 178.